The van der Waals surface area contributed by atoms with Gasteiger partial charge in [-0.15, -0.1) is 0 Å². The molecule has 1 aliphatic heterocycles. The van der Waals surface area contributed by atoms with Crippen LogP contribution in [0.4, 0.5) is 5.69 Å². The minimum absolute atomic E-state index is 0.160. The molecule has 0 radical (unpaired) electrons. The molecule has 5 nitrogen and oxygen atoms in total. The first-order valence-electron chi connectivity index (χ1n) is 10.2. The Labute approximate surface area is 190 Å². The Balaban J connectivity index is 1.54. The number of carbonyl (C=O) groups is 1. The van der Waals surface area contributed by atoms with Crippen molar-refractivity contribution in [3.05, 3.63) is 107 Å². The topological polar surface area (TPSA) is 59.3 Å². The number of aromatic nitrogens is 2. The van der Waals surface area contributed by atoms with Gasteiger partial charge < -0.3 is 5.32 Å². The second-order valence-corrected chi connectivity index (χ2v) is 8.43. The first kappa shape index (κ1) is 20.0. The van der Waals surface area contributed by atoms with Crippen molar-refractivity contribution in [2.24, 2.45) is 4.99 Å². The number of carbonyl (C=O) groups excluding carboxylic acids is 1. The first-order valence-corrected chi connectivity index (χ1v) is 11.0. The standard InChI is InChI=1S/C26H20N4OS/c1-18-12-14-19(15-13-18)24-20(17-30(29-24)22-10-6-3-7-11-22)16-23-25(31)28-26(32-23)27-21-8-4-2-5-9-21/h2-17H,1H3,(H,27,28,31). The minimum atomic E-state index is -0.160. The third kappa shape index (κ3) is 4.26. The van der Waals surface area contributed by atoms with Gasteiger partial charge in [0.05, 0.1) is 22.0 Å². The zero-order valence-corrected chi connectivity index (χ0v) is 18.2. The summed E-state index contributed by atoms with van der Waals surface area (Å²) in [6, 6.07) is 27.8. The summed E-state index contributed by atoms with van der Waals surface area (Å²) in [5, 5.41) is 8.26. The van der Waals surface area contributed by atoms with Crippen molar-refractivity contribution in [3.8, 4) is 16.9 Å². The van der Waals surface area contributed by atoms with E-state index in [0.717, 1.165) is 28.2 Å². The Morgan fingerprint density at radius 1 is 0.938 bits per heavy atom. The molecule has 1 aliphatic rings. The van der Waals surface area contributed by atoms with E-state index in [0.29, 0.717) is 10.1 Å². The molecular formula is C26H20N4OS. The van der Waals surface area contributed by atoms with Crippen molar-refractivity contribution in [2.75, 3.05) is 0 Å². The Bertz CT molecular complexity index is 1320. The van der Waals surface area contributed by atoms with E-state index in [2.05, 4.69) is 41.5 Å². The molecule has 0 unspecified atom stereocenters. The first-order chi connectivity index (χ1) is 15.7. The molecule has 2 heterocycles. The maximum Gasteiger partial charge on any atom is 0.264 e. The van der Waals surface area contributed by atoms with Crippen LogP contribution in [0, 0.1) is 6.92 Å². The van der Waals surface area contributed by atoms with Crippen molar-refractivity contribution in [1.29, 1.82) is 0 Å². The number of nitrogens with zero attached hydrogens (tertiary/aromatic N) is 3. The van der Waals surface area contributed by atoms with Crippen molar-refractivity contribution >= 4 is 34.6 Å². The third-order valence-electron chi connectivity index (χ3n) is 5.01. The van der Waals surface area contributed by atoms with E-state index in [1.54, 1.807) is 0 Å². The second kappa shape index (κ2) is 8.69. The van der Waals surface area contributed by atoms with Gasteiger partial charge in [0.15, 0.2) is 5.17 Å². The number of hydrogen-bond acceptors (Lipinski definition) is 4. The molecule has 1 saturated heterocycles. The Morgan fingerprint density at radius 3 is 2.34 bits per heavy atom. The SMILES string of the molecule is Cc1ccc(-c2nn(-c3ccccc3)cc2C=C2SC(=Nc3ccccc3)NC2=O)cc1. The largest absolute Gasteiger partial charge is 0.300 e. The fourth-order valence-corrected chi connectivity index (χ4v) is 4.22. The summed E-state index contributed by atoms with van der Waals surface area (Å²) in [4.78, 5) is 17.8. The Hall–Kier alpha value is -3.90. The van der Waals surface area contributed by atoms with E-state index < -0.39 is 0 Å². The van der Waals surface area contributed by atoms with Gasteiger partial charge in [-0.05, 0) is 49.0 Å². The molecule has 0 atom stereocenters. The van der Waals surface area contributed by atoms with Crippen LogP contribution in [0.15, 0.2) is 101 Å². The lowest BCUT2D eigenvalue weighted by Gasteiger charge is -2.01. The summed E-state index contributed by atoms with van der Waals surface area (Å²) < 4.78 is 1.85. The Morgan fingerprint density at radius 2 is 1.62 bits per heavy atom. The number of aryl methyl sites for hydroxylation is 1. The highest BCUT2D eigenvalue weighted by atomic mass is 32.2. The summed E-state index contributed by atoms with van der Waals surface area (Å²) in [5.41, 5.74) is 5.64. The van der Waals surface area contributed by atoms with Crippen molar-refractivity contribution in [1.82, 2.24) is 15.1 Å². The van der Waals surface area contributed by atoms with Gasteiger partial charge in [0, 0.05) is 17.3 Å². The number of para-hydroxylation sites is 2. The summed E-state index contributed by atoms with van der Waals surface area (Å²) in [6.45, 7) is 2.06. The zero-order chi connectivity index (χ0) is 21.9. The highest BCUT2D eigenvalue weighted by Gasteiger charge is 2.25. The number of hydrogen-bond donors (Lipinski definition) is 1. The average Bonchev–Trinajstić information content (AvgIpc) is 3.39. The van der Waals surface area contributed by atoms with Gasteiger partial charge in [0.25, 0.3) is 5.91 Å². The van der Waals surface area contributed by atoms with Crippen LogP contribution in [0.5, 0.6) is 0 Å². The maximum absolute atomic E-state index is 12.6. The summed E-state index contributed by atoms with van der Waals surface area (Å²) in [5.74, 6) is -0.160. The lowest BCUT2D eigenvalue weighted by atomic mass is 10.1. The molecule has 1 amide bonds. The quantitative estimate of drug-likeness (QED) is 0.415. The molecule has 0 bridgehead atoms. The molecule has 1 N–H and O–H groups in total. The molecule has 0 saturated carbocycles. The number of nitrogens with one attached hydrogen (secondary N) is 1. The molecule has 32 heavy (non-hydrogen) atoms. The van der Waals surface area contributed by atoms with Crippen molar-refractivity contribution in [2.45, 2.75) is 6.92 Å². The van der Waals surface area contributed by atoms with E-state index in [1.165, 1.54) is 17.3 Å². The van der Waals surface area contributed by atoms with Crippen molar-refractivity contribution in [3.63, 3.8) is 0 Å². The highest BCUT2D eigenvalue weighted by Crippen LogP contribution is 2.32. The van der Waals surface area contributed by atoms with E-state index in [9.17, 15) is 4.79 Å². The van der Waals surface area contributed by atoms with Gasteiger partial charge in [-0.25, -0.2) is 9.67 Å². The van der Waals surface area contributed by atoms with E-state index >= 15 is 0 Å². The van der Waals surface area contributed by atoms with Crippen LogP contribution in [0.3, 0.4) is 0 Å². The minimum Gasteiger partial charge on any atom is -0.300 e. The van der Waals surface area contributed by atoms with Gasteiger partial charge in [0.1, 0.15) is 0 Å². The van der Waals surface area contributed by atoms with Crippen LogP contribution in [-0.2, 0) is 4.79 Å². The molecule has 0 spiro atoms. The van der Waals surface area contributed by atoms with Gasteiger partial charge in [-0.2, -0.15) is 5.10 Å². The van der Waals surface area contributed by atoms with Crippen LogP contribution in [-0.4, -0.2) is 20.9 Å². The zero-order valence-electron chi connectivity index (χ0n) is 17.4. The molecule has 156 valence electrons. The molecule has 5 rings (SSSR count). The predicted molar refractivity (Wildman–Crippen MR) is 131 cm³/mol. The summed E-state index contributed by atoms with van der Waals surface area (Å²) in [7, 11) is 0. The van der Waals surface area contributed by atoms with Gasteiger partial charge in [-0.3, -0.25) is 4.79 Å². The summed E-state index contributed by atoms with van der Waals surface area (Å²) >= 11 is 1.33. The summed E-state index contributed by atoms with van der Waals surface area (Å²) in [6.07, 6.45) is 3.84. The highest BCUT2D eigenvalue weighted by molar-refractivity contribution is 8.18. The average molecular weight is 437 g/mol. The van der Waals surface area contributed by atoms with Crippen molar-refractivity contribution < 1.29 is 4.79 Å². The molecule has 3 aromatic carbocycles. The molecule has 1 aromatic heterocycles. The fourth-order valence-electron chi connectivity index (χ4n) is 3.38. The lowest BCUT2D eigenvalue weighted by molar-refractivity contribution is -0.115. The fraction of sp³-hybridized carbons (Fsp3) is 0.0385. The number of benzene rings is 3. The normalized spacial score (nSPS) is 16.0. The number of rotatable bonds is 4. The van der Waals surface area contributed by atoms with Gasteiger partial charge >= 0.3 is 0 Å². The molecule has 0 aliphatic carbocycles. The van der Waals surface area contributed by atoms with E-state index in [4.69, 9.17) is 5.10 Å². The molecule has 6 heteroatoms. The monoisotopic (exact) mass is 436 g/mol. The second-order valence-electron chi connectivity index (χ2n) is 7.40. The number of amides is 1. The third-order valence-corrected chi connectivity index (χ3v) is 5.92. The van der Waals surface area contributed by atoms with Crippen LogP contribution in [0.2, 0.25) is 0 Å². The van der Waals surface area contributed by atoms with E-state index in [1.807, 2.05) is 77.6 Å². The lowest BCUT2D eigenvalue weighted by Crippen LogP contribution is -2.19. The van der Waals surface area contributed by atoms with Gasteiger partial charge in [-0.1, -0.05) is 66.2 Å². The predicted octanol–water partition coefficient (Wildman–Crippen LogP) is 5.74. The maximum atomic E-state index is 12.6. The number of amidine groups is 1. The Kier molecular flexibility index (Phi) is 5.44. The number of aliphatic imine (C=N–C) groups is 1. The van der Waals surface area contributed by atoms with Crippen LogP contribution in [0.25, 0.3) is 23.0 Å². The van der Waals surface area contributed by atoms with Crippen LogP contribution in [0.1, 0.15) is 11.1 Å². The molecule has 4 aromatic rings. The van der Waals surface area contributed by atoms with Crippen LogP contribution < -0.4 is 5.32 Å². The smallest absolute Gasteiger partial charge is 0.264 e. The molecule has 1 fully saturated rings. The molecular weight excluding hydrogens is 416 g/mol. The van der Waals surface area contributed by atoms with Crippen LogP contribution >= 0.6 is 11.8 Å². The van der Waals surface area contributed by atoms with E-state index in [-0.39, 0.29) is 5.91 Å². The number of thioether (sulfide) groups is 1. The van der Waals surface area contributed by atoms with Gasteiger partial charge in [0.2, 0.25) is 0 Å².